The van der Waals surface area contributed by atoms with E-state index in [0.717, 1.165) is 0 Å². The van der Waals surface area contributed by atoms with Crippen molar-refractivity contribution in [1.82, 2.24) is 0 Å². The van der Waals surface area contributed by atoms with E-state index in [2.05, 4.69) is 4.99 Å². The average molecular weight is 130 g/mol. The van der Waals surface area contributed by atoms with Crippen LogP contribution < -0.4 is 5.73 Å². The molecule has 0 saturated carbocycles. The van der Waals surface area contributed by atoms with Gasteiger partial charge in [-0.25, -0.2) is 0 Å². The van der Waals surface area contributed by atoms with Crippen LogP contribution in [0.5, 0.6) is 0 Å². The molecule has 54 valence electrons. The summed E-state index contributed by atoms with van der Waals surface area (Å²) in [6.45, 7) is 4.36. The predicted octanol–water partition coefficient (Wildman–Crippen LogP) is 0.398. The number of nitrogens with two attached hydrogens (primary N) is 1. The van der Waals surface area contributed by atoms with E-state index in [4.69, 9.17) is 10.5 Å². The quantitative estimate of drug-likeness (QED) is 0.444. The maximum absolute atomic E-state index is 5.35. The standard InChI is InChI=1S/C6H14N2O/c1-5(2)9-4-6(7)8-3/h5H,4H2,1-3H3,(H2,7,8). The van der Waals surface area contributed by atoms with Crippen molar-refractivity contribution in [3.63, 3.8) is 0 Å². The topological polar surface area (TPSA) is 47.6 Å². The van der Waals surface area contributed by atoms with Gasteiger partial charge < -0.3 is 10.5 Å². The van der Waals surface area contributed by atoms with Gasteiger partial charge in [0, 0.05) is 7.05 Å². The molecule has 0 amide bonds. The number of ether oxygens (including phenoxy) is 1. The molecule has 0 aliphatic heterocycles. The summed E-state index contributed by atoms with van der Waals surface area (Å²) >= 11 is 0. The summed E-state index contributed by atoms with van der Waals surface area (Å²) in [5.41, 5.74) is 5.35. The van der Waals surface area contributed by atoms with Crippen molar-refractivity contribution in [3.8, 4) is 0 Å². The Morgan fingerprint density at radius 3 is 2.56 bits per heavy atom. The normalized spacial score (nSPS) is 12.7. The first-order valence-electron chi connectivity index (χ1n) is 2.99. The number of aliphatic imine (C=N–C) groups is 1. The molecule has 0 heterocycles. The lowest BCUT2D eigenvalue weighted by Gasteiger charge is -2.05. The zero-order chi connectivity index (χ0) is 7.28. The Kier molecular flexibility index (Phi) is 4.05. The zero-order valence-corrected chi connectivity index (χ0v) is 6.22. The maximum atomic E-state index is 5.35. The molecular formula is C6H14N2O. The third-order valence-corrected chi connectivity index (χ3v) is 0.852. The van der Waals surface area contributed by atoms with Crippen LogP contribution in [0.1, 0.15) is 13.8 Å². The summed E-state index contributed by atoms with van der Waals surface area (Å²) in [7, 11) is 1.65. The molecule has 0 aromatic heterocycles. The molecule has 0 saturated heterocycles. The lowest BCUT2D eigenvalue weighted by atomic mass is 10.5. The maximum Gasteiger partial charge on any atom is 0.120 e. The van der Waals surface area contributed by atoms with Gasteiger partial charge in [-0.05, 0) is 13.8 Å². The molecule has 3 nitrogen and oxygen atoms in total. The third kappa shape index (κ3) is 5.30. The van der Waals surface area contributed by atoms with Crippen LogP contribution in [-0.2, 0) is 4.74 Å². The first kappa shape index (κ1) is 8.43. The highest BCUT2D eigenvalue weighted by atomic mass is 16.5. The number of amidine groups is 1. The molecule has 0 aromatic rings. The Balaban J connectivity index is 3.28. The summed E-state index contributed by atoms with van der Waals surface area (Å²) in [6.07, 6.45) is 0.227. The molecule has 0 bridgehead atoms. The lowest BCUT2D eigenvalue weighted by Crippen LogP contribution is -2.21. The Bertz CT molecular complexity index is 99.2. The zero-order valence-electron chi connectivity index (χ0n) is 6.22. The van der Waals surface area contributed by atoms with Crippen molar-refractivity contribution >= 4 is 5.84 Å². The molecule has 3 heteroatoms. The van der Waals surface area contributed by atoms with Gasteiger partial charge in [-0.15, -0.1) is 0 Å². The summed E-state index contributed by atoms with van der Waals surface area (Å²) in [5, 5.41) is 0. The van der Waals surface area contributed by atoms with Crippen LogP contribution in [0.4, 0.5) is 0 Å². The van der Waals surface area contributed by atoms with Gasteiger partial charge >= 0.3 is 0 Å². The minimum atomic E-state index is 0.227. The molecular weight excluding hydrogens is 116 g/mol. The highest BCUT2D eigenvalue weighted by molar-refractivity contribution is 5.81. The highest BCUT2D eigenvalue weighted by Crippen LogP contribution is 1.85. The van der Waals surface area contributed by atoms with Crippen molar-refractivity contribution in [2.75, 3.05) is 13.7 Å². The van der Waals surface area contributed by atoms with Gasteiger partial charge in [0.2, 0.25) is 0 Å². The number of hydrogen-bond donors (Lipinski definition) is 1. The van der Waals surface area contributed by atoms with Crippen LogP contribution in [0.2, 0.25) is 0 Å². The summed E-state index contributed by atoms with van der Waals surface area (Å²) < 4.78 is 5.14. The average Bonchev–Trinajstić information content (AvgIpc) is 1.83. The smallest absolute Gasteiger partial charge is 0.120 e. The number of rotatable bonds is 3. The summed E-state index contributed by atoms with van der Waals surface area (Å²) in [4.78, 5) is 3.73. The highest BCUT2D eigenvalue weighted by Gasteiger charge is 1.93. The molecule has 0 radical (unpaired) electrons. The monoisotopic (exact) mass is 130 g/mol. The van der Waals surface area contributed by atoms with Crippen molar-refractivity contribution in [2.45, 2.75) is 20.0 Å². The first-order chi connectivity index (χ1) is 4.16. The van der Waals surface area contributed by atoms with Crippen LogP contribution in [0, 0.1) is 0 Å². The summed E-state index contributed by atoms with van der Waals surface area (Å²) in [6, 6.07) is 0. The van der Waals surface area contributed by atoms with Crippen molar-refractivity contribution in [3.05, 3.63) is 0 Å². The van der Waals surface area contributed by atoms with Gasteiger partial charge in [0.25, 0.3) is 0 Å². The molecule has 0 unspecified atom stereocenters. The minimum absolute atomic E-state index is 0.227. The Morgan fingerprint density at radius 1 is 1.67 bits per heavy atom. The second kappa shape index (κ2) is 4.32. The molecule has 0 rings (SSSR count). The largest absolute Gasteiger partial charge is 0.386 e. The van der Waals surface area contributed by atoms with Gasteiger partial charge in [0.05, 0.1) is 6.10 Å². The van der Waals surface area contributed by atoms with E-state index in [-0.39, 0.29) is 6.10 Å². The molecule has 9 heavy (non-hydrogen) atoms. The number of hydrogen-bond acceptors (Lipinski definition) is 2. The second-order valence-electron chi connectivity index (χ2n) is 2.07. The van der Waals surface area contributed by atoms with E-state index in [1.165, 1.54) is 0 Å². The van der Waals surface area contributed by atoms with Gasteiger partial charge in [0.15, 0.2) is 0 Å². The fourth-order valence-electron chi connectivity index (χ4n) is 0.317. The van der Waals surface area contributed by atoms with Gasteiger partial charge in [-0.2, -0.15) is 0 Å². The molecule has 0 spiro atoms. The fraction of sp³-hybridized carbons (Fsp3) is 0.833. The van der Waals surface area contributed by atoms with Gasteiger partial charge in [-0.1, -0.05) is 0 Å². The third-order valence-electron chi connectivity index (χ3n) is 0.852. The molecule has 0 aliphatic carbocycles. The molecule has 0 aromatic carbocycles. The van der Waals surface area contributed by atoms with E-state index < -0.39 is 0 Å². The van der Waals surface area contributed by atoms with Crippen LogP contribution in [0.15, 0.2) is 4.99 Å². The Morgan fingerprint density at radius 2 is 2.22 bits per heavy atom. The lowest BCUT2D eigenvalue weighted by molar-refractivity contribution is 0.110. The van der Waals surface area contributed by atoms with Gasteiger partial charge in [-0.3, -0.25) is 4.99 Å². The molecule has 0 fully saturated rings. The minimum Gasteiger partial charge on any atom is -0.386 e. The van der Waals surface area contributed by atoms with Crippen LogP contribution in [-0.4, -0.2) is 25.6 Å². The molecule has 0 atom stereocenters. The summed E-state index contributed by atoms with van der Waals surface area (Å²) in [5.74, 6) is 0.545. The van der Waals surface area contributed by atoms with Crippen LogP contribution in [0.25, 0.3) is 0 Å². The number of nitrogens with zero attached hydrogens (tertiary/aromatic N) is 1. The molecule has 2 N–H and O–H groups in total. The fourth-order valence-corrected chi connectivity index (χ4v) is 0.317. The van der Waals surface area contributed by atoms with Gasteiger partial charge in [0.1, 0.15) is 12.4 Å². The van der Waals surface area contributed by atoms with Crippen LogP contribution >= 0.6 is 0 Å². The van der Waals surface area contributed by atoms with E-state index >= 15 is 0 Å². The Labute approximate surface area is 55.9 Å². The predicted molar refractivity (Wildman–Crippen MR) is 38.6 cm³/mol. The Hall–Kier alpha value is -0.570. The van der Waals surface area contributed by atoms with E-state index in [1.807, 2.05) is 13.8 Å². The van der Waals surface area contributed by atoms with E-state index in [9.17, 15) is 0 Å². The SMILES string of the molecule is CN=C(N)COC(C)C. The van der Waals surface area contributed by atoms with Crippen molar-refractivity contribution in [1.29, 1.82) is 0 Å². The van der Waals surface area contributed by atoms with E-state index in [1.54, 1.807) is 7.05 Å². The molecule has 0 aliphatic rings. The first-order valence-corrected chi connectivity index (χ1v) is 2.99. The second-order valence-corrected chi connectivity index (χ2v) is 2.07. The van der Waals surface area contributed by atoms with Crippen LogP contribution in [0.3, 0.4) is 0 Å². The van der Waals surface area contributed by atoms with Crippen molar-refractivity contribution in [2.24, 2.45) is 10.7 Å². The van der Waals surface area contributed by atoms with E-state index in [0.29, 0.717) is 12.4 Å². The van der Waals surface area contributed by atoms with Crippen molar-refractivity contribution < 1.29 is 4.74 Å².